The number of carboxylic acids is 2. The number of hydrogen-bond donors (Lipinski definition) is 4. The number of thiophene rings is 1. The fourth-order valence-corrected chi connectivity index (χ4v) is 8.54. The molecule has 1 aliphatic rings. The molecule has 0 fully saturated rings. The summed E-state index contributed by atoms with van der Waals surface area (Å²) in [5.41, 5.74) is 4.98. The van der Waals surface area contributed by atoms with Crippen LogP contribution in [0.2, 0.25) is 0 Å². The fraction of sp³-hybridized carbons (Fsp3) is 0.386. The number of hydrogen-bond acceptors (Lipinski definition) is 6. The summed E-state index contributed by atoms with van der Waals surface area (Å²) in [7, 11) is 0. The Bertz CT molecular complexity index is 2020. The van der Waals surface area contributed by atoms with Gasteiger partial charge in [0.2, 0.25) is 5.91 Å². The molecular weight excluding hydrogens is 739 g/mol. The van der Waals surface area contributed by atoms with Crippen molar-refractivity contribution >= 4 is 74.7 Å². The summed E-state index contributed by atoms with van der Waals surface area (Å²) in [5, 5.41) is 25.1. The van der Waals surface area contributed by atoms with Crippen LogP contribution in [0.5, 0.6) is 0 Å². The summed E-state index contributed by atoms with van der Waals surface area (Å²) >= 11 is 1.45. The van der Waals surface area contributed by atoms with Crippen LogP contribution in [0.15, 0.2) is 72.8 Å². The van der Waals surface area contributed by atoms with Crippen LogP contribution in [0.25, 0.3) is 0 Å². The lowest BCUT2D eigenvalue weighted by Gasteiger charge is -2.34. The first-order chi connectivity index (χ1) is 26.3. The number of nitrogens with one attached hydrogen (secondary N) is 2. The number of anilines is 2. The largest absolute Gasteiger partial charge is 0.481 e. The minimum atomic E-state index is -0.949. The summed E-state index contributed by atoms with van der Waals surface area (Å²) in [4.78, 5) is 66.8. The first-order valence-electron chi connectivity index (χ1n) is 19.1. The normalized spacial score (nSPS) is 12.3. The molecule has 0 saturated heterocycles. The van der Waals surface area contributed by atoms with Crippen LogP contribution >= 0.6 is 11.3 Å². The third kappa shape index (κ3) is 11.7. The number of nitrogens with zero attached hydrogens (tertiary/aromatic N) is 1. The lowest BCUT2D eigenvalue weighted by Crippen LogP contribution is -2.41. The molecule has 0 spiro atoms. The fourth-order valence-electron chi connectivity index (χ4n) is 7.26. The molecule has 4 N–H and O–H groups in total. The number of fused-ring (bicyclic) bond motifs is 1. The molecule has 0 atom stereocenters. The summed E-state index contributed by atoms with van der Waals surface area (Å²) < 4.78 is 0. The average Bonchev–Trinajstić information content (AvgIpc) is 3.52. The van der Waals surface area contributed by atoms with E-state index in [1.54, 1.807) is 44.2 Å². The molecule has 3 amide bonds. The van der Waals surface area contributed by atoms with Gasteiger partial charge in [0.15, 0.2) is 0 Å². The number of aromatic carboxylic acids is 1. The predicted octanol–water partition coefficient (Wildman–Crippen LogP) is 8.11. The quantitative estimate of drug-likeness (QED) is 0.0789. The van der Waals surface area contributed by atoms with Gasteiger partial charge in [-0.25, -0.2) is 4.79 Å². The topological polar surface area (TPSA) is 153 Å². The van der Waals surface area contributed by atoms with Crippen LogP contribution in [-0.4, -0.2) is 73.9 Å². The number of carbonyl (C=O) groups excluding carboxylic acids is 3. The minimum absolute atomic E-state index is 0. The SMILES string of the molecule is CCC(CC)N(Cc1cccc(C(=O)Nc2sc3c(c2C(=O)Nc2ccc(CCc4ccc(C(=O)O)cc4)cc2)CCCC3)c1)C(=O)CC(C)(C)CC(=O)O.[MgH2]. The van der Waals surface area contributed by atoms with Gasteiger partial charge in [0.25, 0.3) is 11.8 Å². The van der Waals surface area contributed by atoms with E-state index >= 15 is 0 Å². The number of aryl methyl sites for hydroxylation is 3. The van der Waals surface area contributed by atoms with Crippen molar-refractivity contribution in [3.63, 3.8) is 0 Å². The third-order valence-corrected chi connectivity index (χ3v) is 11.5. The summed E-state index contributed by atoms with van der Waals surface area (Å²) in [6.45, 7) is 7.92. The predicted molar refractivity (Wildman–Crippen MR) is 225 cm³/mol. The molecule has 56 heavy (non-hydrogen) atoms. The highest BCUT2D eigenvalue weighted by atomic mass is 32.1. The molecule has 0 bridgehead atoms. The number of amides is 3. The van der Waals surface area contributed by atoms with Crippen molar-refractivity contribution in [1.82, 2.24) is 4.90 Å². The number of rotatable bonds is 17. The van der Waals surface area contributed by atoms with Gasteiger partial charge in [-0.2, -0.15) is 0 Å². The van der Waals surface area contributed by atoms with E-state index < -0.39 is 17.4 Å². The Kier molecular flexibility index (Phi) is 15.8. The molecule has 0 radical (unpaired) electrons. The van der Waals surface area contributed by atoms with Gasteiger partial charge in [-0.1, -0.05) is 64.1 Å². The van der Waals surface area contributed by atoms with Crippen LogP contribution < -0.4 is 10.6 Å². The van der Waals surface area contributed by atoms with Gasteiger partial charge >= 0.3 is 35.0 Å². The minimum Gasteiger partial charge on any atom is -0.481 e. The van der Waals surface area contributed by atoms with Gasteiger partial charge in [-0.15, -0.1) is 11.3 Å². The zero-order chi connectivity index (χ0) is 39.7. The van der Waals surface area contributed by atoms with Crippen LogP contribution in [0.3, 0.4) is 0 Å². The lowest BCUT2D eigenvalue weighted by atomic mass is 9.85. The van der Waals surface area contributed by atoms with E-state index in [9.17, 15) is 29.1 Å². The van der Waals surface area contributed by atoms with Gasteiger partial charge in [0.05, 0.1) is 17.5 Å². The van der Waals surface area contributed by atoms with Crippen LogP contribution in [0, 0.1) is 5.41 Å². The molecule has 0 aliphatic heterocycles. The average molecular weight is 792 g/mol. The first kappa shape index (κ1) is 44.2. The van der Waals surface area contributed by atoms with E-state index in [4.69, 9.17) is 5.11 Å². The Hall–Kier alpha value is -4.52. The second kappa shape index (κ2) is 20.1. The van der Waals surface area contributed by atoms with Crippen molar-refractivity contribution in [3.8, 4) is 0 Å². The molecule has 0 unspecified atom stereocenters. The zero-order valence-corrected chi connectivity index (χ0v) is 32.9. The Labute approximate surface area is 349 Å². The molecule has 0 saturated carbocycles. The molecule has 4 aromatic rings. The van der Waals surface area contributed by atoms with E-state index in [1.165, 1.54) is 11.3 Å². The zero-order valence-electron chi connectivity index (χ0n) is 32.1. The summed E-state index contributed by atoms with van der Waals surface area (Å²) in [6.07, 6.45) is 6.57. The first-order valence-corrected chi connectivity index (χ1v) is 19.9. The molecule has 1 heterocycles. The molecular formula is C44H53MgN3O7S. The van der Waals surface area contributed by atoms with Gasteiger partial charge in [0.1, 0.15) is 5.00 Å². The molecule has 1 aromatic heterocycles. The van der Waals surface area contributed by atoms with Crippen molar-refractivity contribution in [1.29, 1.82) is 0 Å². The highest BCUT2D eigenvalue weighted by molar-refractivity contribution is 7.17. The Morgan fingerprint density at radius 2 is 1.39 bits per heavy atom. The van der Waals surface area contributed by atoms with E-state index in [0.29, 0.717) is 21.8 Å². The lowest BCUT2D eigenvalue weighted by molar-refractivity contribution is -0.141. The molecule has 5 rings (SSSR count). The van der Waals surface area contributed by atoms with Crippen molar-refractivity contribution in [3.05, 3.63) is 117 Å². The van der Waals surface area contributed by atoms with E-state index in [0.717, 1.165) is 78.5 Å². The Morgan fingerprint density at radius 1 is 0.768 bits per heavy atom. The maximum atomic E-state index is 13.9. The number of carboxylic acid groups (broad SMARTS) is 2. The maximum absolute atomic E-state index is 13.9. The smallest absolute Gasteiger partial charge is 0.335 e. The highest BCUT2D eigenvalue weighted by Crippen LogP contribution is 2.39. The van der Waals surface area contributed by atoms with Crippen molar-refractivity contribution in [2.24, 2.45) is 5.41 Å². The van der Waals surface area contributed by atoms with Crippen molar-refractivity contribution < 1.29 is 34.2 Å². The summed E-state index contributed by atoms with van der Waals surface area (Å²) in [6, 6.07) is 21.7. The number of carbonyl (C=O) groups is 5. The van der Waals surface area contributed by atoms with E-state index in [2.05, 4.69) is 10.6 Å². The Balaban J connectivity index is 0.00000696. The summed E-state index contributed by atoms with van der Waals surface area (Å²) in [5.74, 6) is -2.63. The number of aliphatic carboxylic acids is 1. The second-order valence-corrected chi connectivity index (χ2v) is 16.2. The van der Waals surface area contributed by atoms with Crippen molar-refractivity contribution in [2.45, 2.75) is 104 Å². The van der Waals surface area contributed by atoms with E-state index in [-0.39, 0.29) is 71.8 Å². The molecule has 10 nitrogen and oxygen atoms in total. The van der Waals surface area contributed by atoms with Crippen LogP contribution in [0.1, 0.15) is 124 Å². The molecule has 12 heteroatoms. The maximum Gasteiger partial charge on any atom is 0.335 e. The van der Waals surface area contributed by atoms with E-state index in [1.807, 2.05) is 61.2 Å². The highest BCUT2D eigenvalue weighted by Gasteiger charge is 2.31. The number of benzene rings is 3. The standard InChI is InChI=1S/C44H51N3O7S.Mg.2H/c1-5-34(6-2)47(37(48)25-44(3,4)26-38(49)50)27-30-10-9-11-32(24-30)40(51)46-42-39(35-12-7-8-13-36(35)55-42)41(52)45-33-22-18-29(19-23-33)15-14-28-16-20-31(21-17-28)43(53)54;;;/h9-11,16-24,34H,5-8,12-15,25-27H2,1-4H3,(H,45,52)(H,46,51)(H,49,50)(H,53,54);;;. The second-order valence-electron chi connectivity index (χ2n) is 15.1. The van der Waals surface area contributed by atoms with Gasteiger partial charge in [-0.05, 0) is 115 Å². The van der Waals surface area contributed by atoms with Gasteiger partial charge in [-0.3, -0.25) is 19.2 Å². The van der Waals surface area contributed by atoms with Crippen LogP contribution in [0.4, 0.5) is 10.7 Å². The van der Waals surface area contributed by atoms with Crippen molar-refractivity contribution in [2.75, 3.05) is 10.6 Å². The molecule has 294 valence electrons. The molecule has 1 aliphatic carbocycles. The van der Waals surface area contributed by atoms with Gasteiger partial charge < -0.3 is 25.7 Å². The molecule has 3 aromatic carbocycles. The van der Waals surface area contributed by atoms with Gasteiger partial charge in [0, 0.05) is 35.1 Å². The monoisotopic (exact) mass is 791 g/mol. The van der Waals surface area contributed by atoms with Crippen LogP contribution in [-0.2, 0) is 41.8 Å². The Morgan fingerprint density at radius 3 is 2.00 bits per heavy atom. The third-order valence-electron chi connectivity index (χ3n) is 10.2.